The number of ketones is 1. The van der Waals surface area contributed by atoms with Crippen molar-refractivity contribution in [2.24, 2.45) is 0 Å². The number of hydrogen-bond acceptors (Lipinski definition) is 3. The highest BCUT2D eigenvalue weighted by Crippen LogP contribution is 2.21. The number of carbonyl (C=O) groups is 1. The first kappa shape index (κ1) is 12.3. The Hall–Kier alpha value is -1.79. The molecule has 4 heteroatoms. The van der Waals surface area contributed by atoms with Gasteiger partial charge in [-0.3, -0.25) is 4.79 Å². The number of rotatable bonds is 2. The van der Waals surface area contributed by atoms with Crippen LogP contribution in [0, 0.1) is 18.3 Å². The van der Waals surface area contributed by atoms with Crippen LogP contribution in [-0.4, -0.2) is 10.9 Å². The van der Waals surface area contributed by atoms with E-state index in [1.54, 1.807) is 31.2 Å². The minimum atomic E-state index is -0.512. The zero-order valence-corrected chi connectivity index (χ0v) is 9.67. The number of nitrogens with zero attached hydrogens (tertiary/aromatic N) is 1. The van der Waals surface area contributed by atoms with Gasteiger partial charge in [0.2, 0.25) is 5.78 Å². The predicted octanol–water partition coefficient (Wildman–Crippen LogP) is 3.19. The Morgan fingerprint density at radius 2 is 2.12 bits per heavy atom. The summed E-state index contributed by atoms with van der Waals surface area (Å²) in [5.41, 5.74) is 0.672. The van der Waals surface area contributed by atoms with Gasteiger partial charge in [0.1, 0.15) is 17.4 Å². The standard InChI is InChI=1S/C12H10ClNO2/c1-7-9(4-3-5-11(7)13)12(16)10(6-14)8(2)15/h3-5,15H,1-2H3/b10-8-. The summed E-state index contributed by atoms with van der Waals surface area (Å²) in [5.74, 6) is -0.797. The third-order valence-electron chi connectivity index (χ3n) is 2.21. The smallest absolute Gasteiger partial charge is 0.207 e. The van der Waals surface area contributed by atoms with Crippen molar-refractivity contribution in [2.75, 3.05) is 0 Å². The lowest BCUT2D eigenvalue weighted by atomic mass is 9.99. The second kappa shape index (κ2) is 4.82. The summed E-state index contributed by atoms with van der Waals surface area (Å²) in [5, 5.41) is 18.4. The second-order valence-corrected chi connectivity index (χ2v) is 3.72. The molecule has 0 spiro atoms. The summed E-state index contributed by atoms with van der Waals surface area (Å²) < 4.78 is 0. The molecule has 0 aromatic heterocycles. The van der Waals surface area contributed by atoms with Gasteiger partial charge in [0.05, 0.1) is 0 Å². The Kier molecular flexibility index (Phi) is 3.70. The zero-order chi connectivity index (χ0) is 12.3. The van der Waals surface area contributed by atoms with E-state index in [1.807, 2.05) is 0 Å². The molecule has 0 atom stereocenters. The van der Waals surface area contributed by atoms with E-state index in [0.29, 0.717) is 16.1 Å². The van der Waals surface area contributed by atoms with Crippen LogP contribution in [0.15, 0.2) is 29.5 Å². The Morgan fingerprint density at radius 1 is 1.50 bits per heavy atom. The number of allylic oxidation sites excluding steroid dienone is 2. The fourth-order valence-corrected chi connectivity index (χ4v) is 1.46. The van der Waals surface area contributed by atoms with Crippen molar-refractivity contribution in [2.45, 2.75) is 13.8 Å². The van der Waals surface area contributed by atoms with E-state index in [-0.39, 0.29) is 11.3 Å². The molecule has 0 aliphatic rings. The van der Waals surface area contributed by atoms with Gasteiger partial charge in [-0.15, -0.1) is 0 Å². The second-order valence-electron chi connectivity index (χ2n) is 3.31. The maximum Gasteiger partial charge on any atom is 0.207 e. The van der Waals surface area contributed by atoms with Gasteiger partial charge in [-0.25, -0.2) is 0 Å². The first-order valence-electron chi connectivity index (χ1n) is 4.58. The number of aliphatic hydroxyl groups excluding tert-OH is 1. The van der Waals surface area contributed by atoms with Gasteiger partial charge in [-0.05, 0) is 25.5 Å². The van der Waals surface area contributed by atoms with Crippen LogP contribution in [0.2, 0.25) is 5.02 Å². The molecule has 0 bridgehead atoms. The minimum Gasteiger partial charge on any atom is -0.511 e. The van der Waals surface area contributed by atoms with Crippen molar-refractivity contribution in [3.05, 3.63) is 45.7 Å². The fraction of sp³-hybridized carbons (Fsp3) is 0.167. The van der Waals surface area contributed by atoms with Crippen molar-refractivity contribution in [1.82, 2.24) is 0 Å². The van der Waals surface area contributed by atoms with E-state index < -0.39 is 5.78 Å². The molecule has 0 radical (unpaired) electrons. The van der Waals surface area contributed by atoms with Crippen LogP contribution in [0.25, 0.3) is 0 Å². The number of Topliss-reactive ketones (excluding diaryl/α,β-unsaturated/α-hetero) is 1. The Morgan fingerprint density at radius 3 is 2.62 bits per heavy atom. The largest absolute Gasteiger partial charge is 0.511 e. The molecule has 0 saturated carbocycles. The van der Waals surface area contributed by atoms with Gasteiger partial charge in [0, 0.05) is 10.6 Å². The molecule has 0 saturated heterocycles. The predicted molar refractivity (Wildman–Crippen MR) is 61.5 cm³/mol. The summed E-state index contributed by atoms with van der Waals surface area (Å²) in [7, 11) is 0. The molecule has 1 aromatic carbocycles. The lowest BCUT2D eigenvalue weighted by molar-refractivity contribution is 0.103. The summed E-state index contributed by atoms with van der Waals surface area (Å²) >= 11 is 5.87. The average molecular weight is 236 g/mol. The molecule has 0 fully saturated rings. The molecule has 0 aliphatic heterocycles. The lowest BCUT2D eigenvalue weighted by Crippen LogP contribution is -2.06. The highest BCUT2D eigenvalue weighted by atomic mass is 35.5. The quantitative estimate of drug-likeness (QED) is 0.371. The topological polar surface area (TPSA) is 61.1 Å². The van der Waals surface area contributed by atoms with Crippen molar-refractivity contribution < 1.29 is 9.90 Å². The third-order valence-corrected chi connectivity index (χ3v) is 2.62. The van der Waals surface area contributed by atoms with Gasteiger partial charge >= 0.3 is 0 Å². The number of aliphatic hydroxyl groups is 1. The highest BCUT2D eigenvalue weighted by Gasteiger charge is 2.17. The minimum absolute atomic E-state index is 0.259. The third kappa shape index (κ3) is 2.23. The summed E-state index contributed by atoms with van der Waals surface area (Å²) in [6, 6.07) is 6.55. The van der Waals surface area contributed by atoms with Crippen LogP contribution in [0.4, 0.5) is 0 Å². The number of carbonyl (C=O) groups excluding carboxylic acids is 1. The van der Waals surface area contributed by atoms with Crippen molar-refractivity contribution in [3.8, 4) is 6.07 Å². The van der Waals surface area contributed by atoms with Crippen LogP contribution in [0.1, 0.15) is 22.8 Å². The molecular formula is C12H10ClNO2. The monoisotopic (exact) mass is 235 g/mol. The first-order chi connectivity index (χ1) is 7.49. The van der Waals surface area contributed by atoms with Gasteiger partial charge in [-0.1, -0.05) is 23.7 Å². The number of nitriles is 1. The molecule has 1 rings (SSSR count). The van der Waals surface area contributed by atoms with Gasteiger partial charge < -0.3 is 5.11 Å². The maximum absolute atomic E-state index is 11.9. The van der Waals surface area contributed by atoms with Crippen LogP contribution in [-0.2, 0) is 0 Å². The number of benzene rings is 1. The Labute approximate surface area is 98.6 Å². The Bertz CT molecular complexity index is 508. The average Bonchev–Trinajstić information content (AvgIpc) is 2.22. The summed E-state index contributed by atoms with van der Waals surface area (Å²) in [4.78, 5) is 11.9. The maximum atomic E-state index is 11.9. The van der Waals surface area contributed by atoms with E-state index in [0.717, 1.165) is 0 Å². The molecule has 1 N–H and O–H groups in total. The van der Waals surface area contributed by atoms with E-state index in [1.165, 1.54) is 6.92 Å². The van der Waals surface area contributed by atoms with E-state index in [4.69, 9.17) is 16.9 Å². The molecule has 3 nitrogen and oxygen atoms in total. The molecule has 16 heavy (non-hydrogen) atoms. The van der Waals surface area contributed by atoms with Crippen LogP contribution < -0.4 is 0 Å². The first-order valence-corrected chi connectivity index (χ1v) is 4.96. The van der Waals surface area contributed by atoms with Gasteiger partial charge in [0.25, 0.3) is 0 Å². The fourth-order valence-electron chi connectivity index (χ4n) is 1.28. The van der Waals surface area contributed by atoms with E-state index in [9.17, 15) is 9.90 Å². The van der Waals surface area contributed by atoms with Gasteiger partial charge in [0.15, 0.2) is 0 Å². The molecule has 82 valence electrons. The zero-order valence-electron chi connectivity index (χ0n) is 8.91. The van der Waals surface area contributed by atoms with Crippen LogP contribution in [0.3, 0.4) is 0 Å². The molecule has 0 aliphatic carbocycles. The van der Waals surface area contributed by atoms with Crippen molar-refractivity contribution in [1.29, 1.82) is 5.26 Å². The van der Waals surface area contributed by atoms with Crippen molar-refractivity contribution in [3.63, 3.8) is 0 Å². The normalized spacial score (nSPS) is 11.6. The van der Waals surface area contributed by atoms with E-state index >= 15 is 0 Å². The lowest BCUT2D eigenvalue weighted by Gasteiger charge is -2.05. The molecule has 0 amide bonds. The molecule has 0 heterocycles. The SMILES string of the molecule is C/C(O)=C(\C#N)C(=O)c1cccc(Cl)c1C. The van der Waals surface area contributed by atoms with Crippen LogP contribution in [0.5, 0.6) is 0 Å². The summed E-state index contributed by atoms with van der Waals surface area (Å²) in [6.07, 6.45) is 0. The molecular weight excluding hydrogens is 226 g/mol. The van der Waals surface area contributed by atoms with Crippen LogP contribution >= 0.6 is 11.6 Å². The van der Waals surface area contributed by atoms with Gasteiger partial charge in [-0.2, -0.15) is 5.26 Å². The number of halogens is 1. The molecule has 1 aromatic rings. The van der Waals surface area contributed by atoms with E-state index in [2.05, 4.69) is 0 Å². The Balaban J connectivity index is 3.32. The highest BCUT2D eigenvalue weighted by molar-refractivity contribution is 6.32. The summed E-state index contributed by atoms with van der Waals surface area (Å²) in [6.45, 7) is 2.99. The van der Waals surface area contributed by atoms with Crippen molar-refractivity contribution >= 4 is 17.4 Å². The molecule has 0 unspecified atom stereocenters. The number of hydrogen-bond donors (Lipinski definition) is 1.